The van der Waals surface area contributed by atoms with E-state index in [4.69, 9.17) is 14.8 Å². The zero-order valence-electron chi connectivity index (χ0n) is 22.4. The molecule has 0 spiro atoms. The van der Waals surface area contributed by atoms with Crippen molar-refractivity contribution in [2.24, 2.45) is 7.05 Å². The number of anilines is 1. The Hall–Kier alpha value is -5.17. The van der Waals surface area contributed by atoms with Crippen LogP contribution in [-0.2, 0) is 23.9 Å². The van der Waals surface area contributed by atoms with Gasteiger partial charge in [0.1, 0.15) is 5.54 Å². The number of methoxy groups -OCH3 is 1. The van der Waals surface area contributed by atoms with Gasteiger partial charge in [0.25, 0.3) is 0 Å². The third-order valence-electron chi connectivity index (χ3n) is 7.34. The molecule has 0 aliphatic rings. The second kappa shape index (κ2) is 10.5. The van der Waals surface area contributed by atoms with Crippen molar-refractivity contribution in [2.75, 3.05) is 12.4 Å². The van der Waals surface area contributed by atoms with Crippen LogP contribution in [0.15, 0.2) is 122 Å². The summed E-state index contributed by atoms with van der Waals surface area (Å²) in [6, 6.07) is 37.0. The maximum Gasteiger partial charge on any atom is 0.337 e. The summed E-state index contributed by atoms with van der Waals surface area (Å²) in [6.45, 7) is 0.445. The fourth-order valence-electron chi connectivity index (χ4n) is 5.53. The number of hydrogen-bond donors (Lipinski definition) is 1. The predicted molar refractivity (Wildman–Crippen MR) is 156 cm³/mol. The summed E-state index contributed by atoms with van der Waals surface area (Å²) < 4.78 is 8.88. The van der Waals surface area contributed by atoms with Crippen LogP contribution < -0.4 is 5.32 Å². The van der Waals surface area contributed by atoms with Crippen LogP contribution in [0.25, 0.3) is 10.9 Å². The van der Waals surface area contributed by atoms with Gasteiger partial charge in [-0.15, -0.1) is 0 Å². The highest BCUT2D eigenvalue weighted by atomic mass is 16.5. The number of aromatic nitrogens is 4. The molecule has 2 aromatic heterocycles. The molecule has 40 heavy (non-hydrogen) atoms. The Bertz CT molecular complexity index is 1660. The molecule has 7 nitrogen and oxygen atoms in total. The number of hydrogen-bond acceptors (Lipinski definition) is 5. The molecule has 0 amide bonds. The van der Waals surface area contributed by atoms with Gasteiger partial charge in [-0.2, -0.15) is 5.10 Å². The third kappa shape index (κ3) is 4.22. The lowest BCUT2D eigenvalue weighted by atomic mass is 9.76. The minimum Gasteiger partial charge on any atom is -0.465 e. The normalized spacial score (nSPS) is 11.4. The van der Waals surface area contributed by atoms with Crippen LogP contribution in [-0.4, -0.2) is 32.4 Å². The fourth-order valence-corrected chi connectivity index (χ4v) is 5.53. The minimum atomic E-state index is -0.676. The van der Waals surface area contributed by atoms with E-state index in [1.807, 2.05) is 49.8 Å². The predicted octanol–water partition coefficient (Wildman–Crippen LogP) is 6.01. The Labute approximate surface area is 232 Å². The number of nitrogens with zero attached hydrogens (tertiary/aromatic N) is 4. The Kier molecular flexibility index (Phi) is 6.62. The number of carbonyl (C=O) groups excluding carboxylic acids is 1. The van der Waals surface area contributed by atoms with Gasteiger partial charge in [0, 0.05) is 24.8 Å². The van der Waals surface area contributed by atoms with Gasteiger partial charge in [-0.05, 0) is 34.9 Å². The number of nitrogens with one attached hydrogen (secondary N) is 1. The summed E-state index contributed by atoms with van der Waals surface area (Å²) >= 11 is 0. The molecule has 0 unspecified atom stereocenters. The summed E-state index contributed by atoms with van der Waals surface area (Å²) in [5.74, 6) is 0.338. The second-order valence-electron chi connectivity index (χ2n) is 9.58. The number of esters is 1. The van der Waals surface area contributed by atoms with Crippen LogP contribution in [0.3, 0.4) is 0 Å². The van der Waals surface area contributed by atoms with Crippen molar-refractivity contribution >= 4 is 22.8 Å². The Balaban J connectivity index is 1.46. The van der Waals surface area contributed by atoms with E-state index in [1.54, 1.807) is 10.7 Å². The first kappa shape index (κ1) is 25.1. The SMILES string of the molecule is COC(=O)c1ccc2c(CNc3nccn3C(c3ccccc3)(c3ccccc3)c3ccccc3)nn(C)c2c1. The Morgan fingerprint density at radius 2 is 1.43 bits per heavy atom. The average molecular weight is 528 g/mol. The largest absolute Gasteiger partial charge is 0.465 e. The summed E-state index contributed by atoms with van der Waals surface area (Å²) in [4.78, 5) is 16.8. The highest BCUT2D eigenvalue weighted by Gasteiger charge is 2.39. The van der Waals surface area contributed by atoms with Crippen LogP contribution in [0.5, 0.6) is 0 Å². The van der Waals surface area contributed by atoms with Crippen LogP contribution in [0.4, 0.5) is 5.95 Å². The molecular weight excluding hydrogens is 498 g/mol. The van der Waals surface area contributed by atoms with E-state index < -0.39 is 5.54 Å². The molecule has 198 valence electrons. The monoisotopic (exact) mass is 527 g/mol. The van der Waals surface area contributed by atoms with Gasteiger partial charge in [-0.25, -0.2) is 9.78 Å². The first-order chi connectivity index (χ1) is 19.6. The molecule has 0 aliphatic carbocycles. The molecule has 0 fully saturated rings. The van der Waals surface area contributed by atoms with Gasteiger partial charge in [0.05, 0.1) is 30.4 Å². The van der Waals surface area contributed by atoms with Crippen molar-refractivity contribution in [1.29, 1.82) is 0 Å². The van der Waals surface area contributed by atoms with Crippen LogP contribution in [0.1, 0.15) is 32.7 Å². The molecule has 0 radical (unpaired) electrons. The number of benzene rings is 4. The lowest BCUT2D eigenvalue weighted by Gasteiger charge is -2.38. The van der Waals surface area contributed by atoms with Crippen molar-refractivity contribution in [3.63, 3.8) is 0 Å². The van der Waals surface area contributed by atoms with Gasteiger partial charge in [0.2, 0.25) is 5.95 Å². The number of imidazole rings is 1. The molecule has 0 saturated heterocycles. The summed E-state index contributed by atoms with van der Waals surface area (Å²) in [5.41, 5.74) is 4.88. The minimum absolute atomic E-state index is 0.371. The lowest BCUT2D eigenvalue weighted by molar-refractivity contribution is 0.0601. The number of carbonyl (C=O) groups is 1. The second-order valence-corrected chi connectivity index (χ2v) is 9.58. The molecule has 2 heterocycles. The highest BCUT2D eigenvalue weighted by molar-refractivity contribution is 5.95. The summed E-state index contributed by atoms with van der Waals surface area (Å²) in [5, 5.41) is 9.27. The van der Waals surface area contributed by atoms with Gasteiger partial charge < -0.3 is 10.1 Å². The maximum atomic E-state index is 12.1. The van der Waals surface area contributed by atoms with E-state index in [9.17, 15) is 4.79 Å². The first-order valence-electron chi connectivity index (χ1n) is 13.1. The van der Waals surface area contributed by atoms with Crippen LogP contribution in [0.2, 0.25) is 0 Å². The molecule has 6 rings (SSSR count). The van der Waals surface area contributed by atoms with Gasteiger partial charge in [-0.1, -0.05) is 91.0 Å². The quantitative estimate of drug-likeness (QED) is 0.194. The summed E-state index contributed by atoms with van der Waals surface area (Å²) in [7, 11) is 3.26. The molecule has 7 heteroatoms. The first-order valence-corrected chi connectivity index (χ1v) is 13.1. The van der Waals surface area contributed by atoms with E-state index in [1.165, 1.54) is 7.11 Å². The van der Waals surface area contributed by atoms with E-state index in [0.717, 1.165) is 33.3 Å². The zero-order chi connectivity index (χ0) is 27.5. The van der Waals surface area contributed by atoms with Crippen molar-refractivity contribution in [2.45, 2.75) is 12.1 Å². The molecule has 0 bridgehead atoms. The average Bonchev–Trinajstić information content (AvgIpc) is 3.61. The molecule has 4 aromatic carbocycles. The number of ether oxygens (including phenoxy) is 1. The van der Waals surface area contributed by atoms with E-state index in [-0.39, 0.29) is 5.97 Å². The van der Waals surface area contributed by atoms with E-state index in [2.05, 4.69) is 82.7 Å². The maximum absolute atomic E-state index is 12.1. The summed E-state index contributed by atoms with van der Waals surface area (Å²) in [6.07, 6.45) is 3.85. The topological polar surface area (TPSA) is 74.0 Å². The molecule has 0 atom stereocenters. The molecule has 0 aliphatic heterocycles. The zero-order valence-corrected chi connectivity index (χ0v) is 22.4. The van der Waals surface area contributed by atoms with Gasteiger partial charge in [0.15, 0.2) is 0 Å². The highest BCUT2D eigenvalue weighted by Crippen LogP contribution is 2.42. The Morgan fingerprint density at radius 1 is 0.850 bits per heavy atom. The van der Waals surface area contributed by atoms with E-state index in [0.29, 0.717) is 18.1 Å². The Morgan fingerprint density at radius 3 is 1.98 bits per heavy atom. The van der Waals surface area contributed by atoms with Crippen molar-refractivity contribution in [1.82, 2.24) is 19.3 Å². The standard InChI is InChI=1S/C33H29N5O2/c1-37-30-22-24(31(39)40-2)18-19-28(30)29(36-37)23-35-32-34-20-21-38(32)33(25-12-6-3-7-13-25,26-14-8-4-9-15-26)27-16-10-5-11-17-27/h3-22H,23H2,1-2H3,(H,34,35). The smallest absolute Gasteiger partial charge is 0.337 e. The van der Waals surface area contributed by atoms with Crippen molar-refractivity contribution in [3.05, 3.63) is 150 Å². The third-order valence-corrected chi connectivity index (χ3v) is 7.34. The van der Waals surface area contributed by atoms with Crippen molar-refractivity contribution in [3.8, 4) is 0 Å². The van der Waals surface area contributed by atoms with Gasteiger partial charge in [-0.3, -0.25) is 9.25 Å². The molecule has 0 saturated carbocycles. The lowest BCUT2D eigenvalue weighted by Crippen LogP contribution is -2.38. The van der Waals surface area contributed by atoms with Crippen LogP contribution >= 0.6 is 0 Å². The molecular formula is C33H29N5O2. The fraction of sp³-hybridized carbons (Fsp3) is 0.121. The number of aryl methyl sites for hydroxylation is 1. The number of rotatable bonds is 8. The van der Waals surface area contributed by atoms with Crippen LogP contribution in [0, 0.1) is 0 Å². The molecule has 1 N–H and O–H groups in total. The van der Waals surface area contributed by atoms with Gasteiger partial charge >= 0.3 is 5.97 Å². The number of fused-ring (bicyclic) bond motifs is 1. The molecule has 6 aromatic rings. The van der Waals surface area contributed by atoms with Crippen molar-refractivity contribution < 1.29 is 9.53 Å². The van der Waals surface area contributed by atoms with E-state index >= 15 is 0 Å².